The molecule has 384 valence electrons. The predicted octanol–water partition coefficient (Wildman–Crippen LogP) is -1.42. The van der Waals surface area contributed by atoms with Gasteiger partial charge in [-0.2, -0.15) is 0 Å². The number of likely N-dealkylation sites (N-methyl/N-ethyl adjacent to an activating group) is 1. The highest BCUT2D eigenvalue weighted by Gasteiger charge is 2.40. The van der Waals surface area contributed by atoms with Crippen molar-refractivity contribution in [2.24, 2.45) is 16.5 Å². The number of hydrogen-bond donors (Lipinski definition) is 12. The highest BCUT2D eigenvalue weighted by molar-refractivity contribution is 8.76. The number of aliphatic imine (C=N–C) groups is 1. The highest BCUT2D eigenvalue weighted by atomic mass is 33.1. The fraction of sp³-hybridized carbons (Fsp3) is 0.478. The summed E-state index contributed by atoms with van der Waals surface area (Å²) in [4.78, 5) is 122. The van der Waals surface area contributed by atoms with Crippen molar-refractivity contribution in [1.29, 1.82) is 0 Å². The van der Waals surface area contributed by atoms with E-state index < -0.39 is 89.6 Å². The molecule has 3 aromatic rings. The van der Waals surface area contributed by atoms with Gasteiger partial charge in [0, 0.05) is 55.7 Å². The molecular weight excluding hydrogens is 959 g/mol. The number of benzene rings is 2. The molecule has 5 rings (SSSR count). The summed E-state index contributed by atoms with van der Waals surface area (Å²) in [5.74, 6) is -5.31. The van der Waals surface area contributed by atoms with E-state index in [1.54, 1.807) is 49.5 Å². The zero-order valence-corrected chi connectivity index (χ0v) is 40.9. The third kappa shape index (κ3) is 17.8. The van der Waals surface area contributed by atoms with Crippen molar-refractivity contribution in [3.63, 3.8) is 0 Å². The Morgan fingerprint density at radius 2 is 1.58 bits per heavy atom. The van der Waals surface area contributed by atoms with Gasteiger partial charge in [-0.1, -0.05) is 64.1 Å². The number of aromatic hydroxyl groups is 1. The number of aromatic amines is 1. The number of likely N-dealkylation sites (tertiary alicyclic amines) is 1. The molecule has 71 heavy (non-hydrogen) atoms. The number of H-pyrrole nitrogens is 1. The second-order valence-corrected chi connectivity index (χ2v) is 19.7. The Hall–Kier alpha value is -6.86. The van der Waals surface area contributed by atoms with Crippen LogP contribution >= 0.6 is 21.6 Å². The van der Waals surface area contributed by atoms with Crippen LogP contribution in [0.5, 0.6) is 5.75 Å². The minimum absolute atomic E-state index is 0.0179. The molecule has 23 nitrogen and oxygen atoms in total. The summed E-state index contributed by atoms with van der Waals surface area (Å²) >= 11 is 0. The van der Waals surface area contributed by atoms with Gasteiger partial charge < -0.3 is 68.8 Å². The number of carbonyl (C=O) groups excluding carboxylic acids is 7. The van der Waals surface area contributed by atoms with Gasteiger partial charge in [0.05, 0.1) is 12.9 Å². The van der Waals surface area contributed by atoms with E-state index in [-0.39, 0.29) is 76.3 Å². The van der Waals surface area contributed by atoms with Gasteiger partial charge in [0.15, 0.2) is 5.96 Å². The van der Waals surface area contributed by atoms with Crippen molar-refractivity contribution >= 4 is 74.9 Å². The summed E-state index contributed by atoms with van der Waals surface area (Å²) in [6.07, 6.45) is 4.08. The summed E-state index contributed by atoms with van der Waals surface area (Å²) in [5, 5.41) is 39.1. The summed E-state index contributed by atoms with van der Waals surface area (Å²) in [7, 11) is 4.31. The van der Waals surface area contributed by atoms with Crippen LogP contribution in [0.4, 0.5) is 0 Å². The second-order valence-electron chi connectivity index (χ2n) is 17.0. The van der Waals surface area contributed by atoms with E-state index in [0.29, 0.717) is 41.2 Å². The molecule has 0 aliphatic carbocycles. The maximum Gasteiger partial charge on any atom is 0.326 e. The molecular formula is C46H63N13O10S2. The van der Waals surface area contributed by atoms with Crippen LogP contribution < -0.4 is 48.7 Å². The zero-order valence-electron chi connectivity index (χ0n) is 39.3. The Morgan fingerprint density at radius 3 is 2.25 bits per heavy atom. The van der Waals surface area contributed by atoms with Crippen LogP contribution in [0, 0.1) is 0 Å². The first kappa shape index (κ1) is 55.1. The van der Waals surface area contributed by atoms with Gasteiger partial charge in [0.1, 0.15) is 48.0 Å². The molecule has 0 radical (unpaired) electrons. The second kappa shape index (κ2) is 28.1. The number of nitrogens with zero attached hydrogens (tertiary/aromatic N) is 3. The fourth-order valence-electron chi connectivity index (χ4n) is 7.97. The Morgan fingerprint density at radius 1 is 0.859 bits per heavy atom. The number of nitrogens with two attached hydrogens (primary N) is 2. The number of imidazole rings is 1. The van der Waals surface area contributed by atoms with Crippen molar-refractivity contribution in [3.05, 3.63) is 83.9 Å². The number of guanidine groups is 1. The number of phenolic OH excluding ortho intramolecular Hbond substituents is 1. The van der Waals surface area contributed by atoms with Crippen molar-refractivity contribution in [1.82, 2.24) is 52.1 Å². The van der Waals surface area contributed by atoms with Gasteiger partial charge in [0.25, 0.3) is 0 Å². The van der Waals surface area contributed by atoms with Crippen molar-refractivity contribution in [3.8, 4) is 5.75 Å². The number of rotatable bonds is 21. The minimum atomic E-state index is -1.32. The van der Waals surface area contributed by atoms with Crippen LogP contribution in [-0.2, 0) is 57.6 Å². The molecule has 1 aromatic heterocycles. The summed E-state index contributed by atoms with van der Waals surface area (Å²) in [5.41, 5.74) is 12.6. The van der Waals surface area contributed by atoms with Gasteiger partial charge in [-0.05, 0) is 68.8 Å². The summed E-state index contributed by atoms with van der Waals surface area (Å²) < 4.78 is 0. The van der Waals surface area contributed by atoms with E-state index in [4.69, 9.17) is 11.5 Å². The number of carboxylic acid groups (broad SMARTS) is 1. The van der Waals surface area contributed by atoms with Crippen molar-refractivity contribution < 1.29 is 48.6 Å². The monoisotopic (exact) mass is 1020 g/mol. The number of aromatic nitrogens is 2. The topological polar surface area (TPSA) is 358 Å². The molecule has 25 heteroatoms. The lowest BCUT2D eigenvalue weighted by molar-refractivity contribution is -0.145. The van der Waals surface area contributed by atoms with Gasteiger partial charge in [-0.15, -0.1) is 0 Å². The molecule has 0 spiro atoms. The third-order valence-corrected chi connectivity index (χ3v) is 14.1. The minimum Gasteiger partial charge on any atom is -0.508 e. The number of amides is 7. The summed E-state index contributed by atoms with van der Waals surface area (Å²) in [6.45, 7) is 0.264. The van der Waals surface area contributed by atoms with Gasteiger partial charge in [0.2, 0.25) is 41.4 Å². The smallest absolute Gasteiger partial charge is 0.326 e. The molecule has 7 amide bonds. The third-order valence-electron chi connectivity index (χ3n) is 11.6. The van der Waals surface area contributed by atoms with Crippen LogP contribution in [0.1, 0.15) is 55.3 Å². The average molecular weight is 1020 g/mol. The van der Waals surface area contributed by atoms with E-state index in [0.717, 1.165) is 0 Å². The molecule has 2 aliphatic heterocycles. The normalized spacial score (nSPS) is 19.9. The first-order chi connectivity index (χ1) is 34.1. The molecule has 2 aromatic carbocycles. The van der Waals surface area contributed by atoms with Crippen LogP contribution in [0.25, 0.3) is 0 Å². The maximum atomic E-state index is 14.5. The van der Waals surface area contributed by atoms with Crippen LogP contribution in [0.2, 0.25) is 0 Å². The molecule has 2 aliphatic rings. The first-order valence-electron chi connectivity index (χ1n) is 23.2. The van der Waals surface area contributed by atoms with E-state index in [2.05, 4.69) is 52.2 Å². The van der Waals surface area contributed by atoms with Gasteiger partial charge >= 0.3 is 5.97 Å². The van der Waals surface area contributed by atoms with E-state index in [1.165, 1.54) is 51.1 Å². The average Bonchev–Trinajstić information content (AvgIpc) is 4.06. The lowest BCUT2D eigenvalue weighted by Crippen LogP contribution is -2.60. The Balaban J connectivity index is 1.35. The van der Waals surface area contributed by atoms with Gasteiger partial charge in [-0.25, -0.2) is 9.78 Å². The summed E-state index contributed by atoms with van der Waals surface area (Å²) in [6, 6.07) is 6.41. The highest BCUT2D eigenvalue weighted by Crippen LogP contribution is 2.25. The lowest BCUT2D eigenvalue weighted by atomic mass is 10.0. The number of nitrogens with one attached hydrogen (secondary N) is 8. The lowest BCUT2D eigenvalue weighted by Gasteiger charge is -2.30. The molecule has 14 N–H and O–H groups in total. The molecule has 2 fully saturated rings. The largest absolute Gasteiger partial charge is 0.508 e. The number of carboxylic acids is 1. The van der Waals surface area contributed by atoms with E-state index in [9.17, 15) is 48.6 Å². The molecule has 2 unspecified atom stereocenters. The fourth-order valence-corrected chi connectivity index (χ4v) is 10.2. The molecule has 7 atom stereocenters. The van der Waals surface area contributed by atoms with Gasteiger partial charge in [-0.3, -0.25) is 38.6 Å². The standard InChI is InChI=1S/C46H63N13O10S2/c1-49-25-38(61)53-31(9-5-17-51-46(47)48)39(62)54-32-15-19-70-71-20-16-33(55-42(65)34(56-40(32)63)21-28-11-13-30(60)14-12-28)41(64)57-35(23-29-24-50-26-52-29)44(67)59-18-6-10-37(59)43(66)58-36(45(68)69)22-27-7-3-2-4-8-27/h2-4,7-8,11-14,24,26,31-37,49,60H,5-6,9-10,15-23,25H2,1H3,(H,50,52)(H,53,61)(H,54,62)(H,55,65)(H,56,63)(H,57,64)(H,58,66)(H,68,69)(H4,47,48,51)/t31-,32?,33-,34?,35-,36-,37-/m0/s1. The van der Waals surface area contributed by atoms with Crippen LogP contribution in [-0.4, -0.2) is 159 Å². The maximum absolute atomic E-state index is 14.5. The Labute approximate surface area is 418 Å². The van der Waals surface area contributed by atoms with Crippen molar-refractivity contribution in [2.45, 2.75) is 100 Å². The molecule has 2 saturated heterocycles. The SMILES string of the molecule is CNCC(=O)N[C@@H](CCCN=C(N)N)C(=O)NC1CCSSCC[C@@H](C(=O)N[C@@H](Cc2cnc[nH]2)C(=O)N2CCC[C@H]2C(=O)N[C@@H](Cc2ccccc2)C(=O)O)NC(=O)C(Cc2ccc(O)cc2)NC1=O. The van der Waals surface area contributed by atoms with E-state index in [1.807, 2.05) is 0 Å². The predicted molar refractivity (Wildman–Crippen MR) is 266 cm³/mol. The number of aliphatic carboxylic acids is 1. The molecule has 3 heterocycles. The Kier molecular flexibility index (Phi) is 21.8. The quantitative estimate of drug-likeness (QED) is 0.0252. The number of carbonyl (C=O) groups is 8. The Bertz CT molecular complexity index is 2310. The van der Waals surface area contributed by atoms with Crippen LogP contribution in [0.15, 0.2) is 72.1 Å². The van der Waals surface area contributed by atoms with E-state index >= 15 is 0 Å². The molecule has 0 saturated carbocycles. The van der Waals surface area contributed by atoms with Crippen molar-refractivity contribution in [2.75, 3.05) is 38.2 Å². The van der Waals surface area contributed by atoms with Crippen LogP contribution in [0.3, 0.4) is 0 Å². The number of hydrogen-bond acceptors (Lipinski definition) is 14. The first-order valence-corrected chi connectivity index (χ1v) is 25.7. The number of phenols is 1. The zero-order chi connectivity index (χ0) is 51.3. The molecule has 0 bridgehead atoms.